The van der Waals surface area contributed by atoms with E-state index in [-0.39, 0.29) is 12.5 Å². The summed E-state index contributed by atoms with van der Waals surface area (Å²) in [5.41, 5.74) is 6.61. The second kappa shape index (κ2) is 6.52. The van der Waals surface area contributed by atoms with Gasteiger partial charge in [0.25, 0.3) is 0 Å². The second-order valence-electron chi connectivity index (χ2n) is 4.88. The predicted molar refractivity (Wildman–Crippen MR) is 71.9 cm³/mol. The summed E-state index contributed by atoms with van der Waals surface area (Å²) in [5.74, 6) is 0.501. The number of carbonyl (C=O) groups excluding carboxylic acids is 1. The third kappa shape index (κ3) is 3.82. The van der Waals surface area contributed by atoms with Gasteiger partial charge in [0.1, 0.15) is 0 Å². The van der Waals surface area contributed by atoms with Crippen molar-refractivity contribution in [1.82, 2.24) is 10.2 Å². The first-order valence-corrected chi connectivity index (χ1v) is 6.51. The molecule has 2 rings (SSSR count). The van der Waals surface area contributed by atoms with Gasteiger partial charge in [0.05, 0.1) is 6.54 Å². The van der Waals surface area contributed by atoms with Gasteiger partial charge in [0, 0.05) is 19.6 Å². The lowest BCUT2D eigenvalue weighted by Crippen LogP contribution is -2.35. The fourth-order valence-electron chi connectivity index (χ4n) is 2.40. The normalized spacial score (nSPS) is 19.9. The van der Waals surface area contributed by atoms with Crippen LogP contribution < -0.4 is 11.1 Å². The molecule has 1 aromatic carbocycles. The molecule has 4 heteroatoms. The standard InChI is InChI=1S/C14H21N3O/c15-8-14(18)16-9-13-6-7-17(11-13)10-12-4-2-1-3-5-12/h1-5,13H,6-11,15H2,(H,16,18)/t13-/m0/s1. The van der Waals surface area contributed by atoms with Gasteiger partial charge >= 0.3 is 0 Å². The van der Waals surface area contributed by atoms with Gasteiger partial charge in [0.15, 0.2) is 0 Å². The molecule has 1 amide bonds. The van der Waals surface area contributed by atoms with Crippen molar-refractivity contribution in [3.63, 3.8) is 0 Å². The molecule has 0 aromatic heterocycles. The van der Waals surface area contributed by atoms with Gasteiger partial charge in [-0.3, -0.25) is 9.69 Å². The molecule has 0 saturated carbocycles. The number of carbonyl (C=O) groups is 1. The summed E-state index contributed by atoms with van der Waals surface area (Å²) in [6, 6.07) is 10.5. The lowest BCUT2D eigenvalue weighted by molar-refractivity contribution is -0.119. The van der Waals surface area contributed by atoms with Crippen molar-refractivity contribution in [1.29, 1.82) is 0 Å². The Morgan fingerprint density at radius 1 is 1.39 bits per heavy atom. The quantitative estimate of drug-likeness (QED) is 0.800. The van der Waals surface area contributed by atoms with Crippen molar-refractivity contribution >= 4 is 5.91 Å². The van der Waals surface area contributed by atoms with Crippen LogP contribution in [0.1, 0.15) is 12.0 Å². The van der Waals surface area contributed by atoms with Crippen molar-refractivity contribution < 1.29 is 4.79 Å². The molecule has 0 aliphatic carbocycles. The third-order valence-electron chi connectivity index (χ3n) is 3.39. The van der Waals surface area contributed by atoms with Crippen molar-refractivity contribution in [2.24, 2.45) is 11.7 Å². The van der Waals surface area contributed by atoms with Crippen LogP contribution in [-0.4, -0.2) is 37.0 Å². The SMILES string of the molecule is NCC(=O)NC[C@@H]1CCN(Cc2ccccc2)C1. The van der Waals surface area contributed by atoms with E-state index in [1.807, 2.05) is 6.07 Å². The number of benzene rings is 1. The van der Waals surface area contributed by atoms with E-state index in [0.29, 0.717) is 5.92 Å². The van der Waals surface area contributed by atoms with Gasteiger partial charge in [-0.15, -0.1) is 0 Å². The number of hydrogen-bond donors (Lipinski definition) is 2. The molecule has 98 valence electrons. The first kappa shape index (κ1) is 13.1. The number of hydrogen-bond acceptors (Lipinski definition) is 3. The Bertz CT molecular complexity index is 380. The molecule has 0 unspecified atom stereocenters. The minimum Gasteiger partial charge on any atom is -0.355 e. The van der Waals surface area contributed by atoms with Gasteiger partial charge in [0.2, 0.25) is 5.91 Å². The van der Waals surface area contributed by atoms with Crippen LogP contribution in [-0.2, 0) is 11.3 Å². The number of nitrogens with one attached hydrogen (secondary N) is 1. The van der Waals surface area contributed by atoms with Crippen LogP contribution >= 0.6 is 0 Å². The maximum atomic E-state index is 11.1. The molecule has 18 heavy (non-hydrogen) atoms. The zero-order valence-electron chi connectivity index (χ0n) is 10.6. The molecule has 3 N–H and O–H groups in total. The Balaban J connectivity index is 1.73. The zero-order valence-corrected chi connectivity index (χ0v) is 10.6. The molecule has 1 heterocycles. The molecule has 1 fully saturated rings. The molecule has 1 saturated heterocycles. The van der Waals surface area contributed by atoms with E-state index >= 15 is 0 Å². The molecular weight excluding hydrogens is 226 g/mol. The molecule has 1 aliphatic rings. The molecule has 1 atom stereocenters. The topological polar surface area (TPSA) is 58.4 Å². The largest absolute Gasteiger partial charge is 0.355 e. The molecule has 0 spiro atoms. The number of nitrogens with two attached hydrogens (primary N) is 1. The zero-order chi connectivity index (χ0) is 12.8. The molecule has 4 nitrogen and oxygen atoms in total. The first-order valence-electron chi connectivity index (χ1n) is 6.51. The molecule has 0 radical (unpaired) electrons. The van der Waals surface area contributed by atoms with Gasteiger partial charge in [-0.1, -0.05) is 30.3 Å². The first-order chi connectivity index (χ1) is 8.78. The van der Waals surface area contributed by atoms with Crippen LogP contribution in [0, 0.1) is 5.92 Å². The Labute approximate surface area is 108 Å². The van der Waals surface area contributed by atoms with E-state index in [4.69, 9.17) is 5.73 Å². The van der Waals surface area contributed by atoms with Gasteiger partial charge in [-0.2, -0.15) is 0 Å². The van der Waals surface area contributed by atoms with Crippen molar-refractivity contribution in [2.45, 2.75) is 13.0 Å². The number of rotatable bonds is 5. The minimum absolute atomic E-state index is 0.0588. The number of likely N-dealkylation sites (tertiary alicyclic amines) is 1. The highest BCUT2D eigenvalue weighted by molar-refractivity contribution is 5.77. The van der Waals surface area contributed by atoms with Crippen LogP contribution in [0.3, 0.4) is 0 Å². The van der Waals surface area contributed by atoms with Gasteiger partial charge < -0.3 is 11.1 Å². The average Bonchev–Trinajstić information content (AvgIpc) is 2.85. The van der Waals surface area contributed by atoms with E-state index in [9.17, 15) is 4.79 Å². The fraction of sp³-hybridized carbons (Fsp3) is 0.500. The van der Waals surface area contributed by atoms with E-state index in [0.717, 1.165) is 32.6 Å². The summed E-state index contributed by atoms with van der Waals surface area (Å²) >= 11 is 0. The monoisotopic (exact) mass is 247 g/mol. The average molecular weight is 247 g/mol. The predicted octanol–water partition coefficient (Wildman–Crippen LogP) is 0.583. The highest BCUT2D eigenvalue weighted by Crippen LogP contribution is 2.17. The van der Waals surface area contributed by atoms with Crippen LogP contribution in [0.25, 0.3) is 0 Å². The maximum Gasteiger partial charge on any atom is 0.233 e. The lowest BCUT2D eigenvalue weighted by Gasteiger charge is -2.16. The molecule has 1 aliphatic heterocycles. The number of amides is 1. The summed E-state index contributed by atoms with van der Waals surface area (Å²) < 4.78 is 0. The summed E-state index contributed by atoms with van der Waals surface area (Å²) in [6.45, 7) is 4.00. The third-order valence-corrected chi connectivity index (χ3v) is 3.39. The summed E-state index contributed by atoms with van der Waals surface area (Å²) in [6.07, 6.45) is 1.15. The summed E-state index contributed by atoms with van der Waals surface area (Å²) in [7, 11) is 0. The lowest BCUT2D eigenvalue weighted by atomic mass is 10.1. The Morgan fingerprint density at radius 3 is 2.89 bits per heavy atom. The Kier molecular flexibility index (Phi) is 4.73. The van der Waals surface area contributed by atoms with Crippen molar-refractivity contribution in [2.75, 3.05) is 26.2 Å². The van der Waals surface area contributed by atoms with Crippen LogP contribution in [0.5, 0.6) is 0 Å². The smallest absolute Gasteiger partial charge is 0.233 e. The number of nitrogens with zero attached hydrogens (tertiary/aromatic N) is 1. The van der Waals surface area contributed by atoms with Crippen LogP contribution in [0.4, 0.5) is 0 Å². The van der Waals surface area contributed by atoms with E-state index in [1.54, 1.807) is 0 Å². The van der Waals surface area contributed by atoms with Crippen LogP contribution in [0.2, 0.25) is 0 Å². The summed E-state index contributed by atoms with van der Waals surface area (Å²) in [5, 5.41) is 2.87. The second-order valence-corrected chi connectivity index (χ2v) is 4.88. The van der Waals surface area contributed by atoms with Gasteiger partial charge in [-0.05, 0) is 24.4 Å². The highest BCUT2D eigenvalue weighted by atomic mass is 16.1. The van der Waals surface area contributed by atoms with Crippen molar-refractivity contribution in [3.8, 4) is 0 Å². The molecular formula is C14H21N3O. The summed E-state index contributed by atoms with van der Waals surface area (Å²) in [4.78, 5) is 13.5. The maximum absolute atomic E-state index is 11.1. The van der Waals surface area contributed by atoms with Gasteiger partial charge in [-0.25, -0.2) is 0 Å². The van der Waals surface area contributed by atoms with E-state index < -0.39 is 0 Å². The van der Waals surface area contributed by atoms with Crippen LogP contribution in [0.15, 0.2) is 30.3 Å². The fourth-order valence-corrected chi connectivity index (χ4v) is 2.40. The Hall–Kier alpha value is -1.39. The van der Waals surface area contributed by atoms with Crippen molar-refractivity contribution in [3.05, 3.63) is 35.9 Å². The molecule has 1 aromatic rings. The van der Waals surface area contributed by atoms with E-state index in [2.05, 4.69) is 34.5 Å². The van der Waals surface area contributed by atoms with E-state index in [1.165, 1.54) is 5.56 Å². The minimum atomic E-state index is -0.0588. The highest BCUT2D eigenvalue weighted by Gasteiger charge is 2.22. The molecule has 0 bridgehead atoms. The Morgan fingerprint density at radius 2 is 2.17 bits per heavy atom.